The van der Waals surface area contributed by atoms with Crippen LogP contribution in [0.25, 0.3) is 10.4 Å². The van der Waals surface area contributed by atoms with Crippen LogP contribution in [0, 0.1) is 5.82 Å². The summed E-state index contributed by atoms with van der Waals surface area (Å²) in [6, 6.07) is 11.5. The van der Waals surface area contributed by atoms with Gasteiger partial charge in [0.25, 0.3) is 5.91 Å². The molecular formula is C20H14F4N2O2S. The number of carbonyl (C=O) groups is 2. The van der Waals surface area contributed by atoms with Gasteiger partial charge in [-0.05, 0) is 48.0 Å². The zero-order valence-corrected chi connectivity index (χ0v) is 15.7. The smallest absolute Gasteiger partial charge is 0.325 e. The Hall–Kier alpha value is -3.20. The molecule has 29 heavy (non-hydrogen) atoms. The maximum absolute atomic E-state index is 13.1. The van der Waals surface area contributed by atoms with Gasteiger partial charge in [-0.25, -0.2) is 4.39 Å². The second-order valence-electron chi connectivity index (χ2n) is 6.06. The van der Waals surface area contributed by atoms with Gasteiger partial charge in [0.1, 0.15) is 5.82 Å². The minimum Gasteiger partial charge on any atom is -0.325 e. The van der Waals surface area contributed by atoms with Crippen LogP contribution in [0.3, 0.4) is 0 Å². The monoisotopic (exact) mass is 422 g/mol. The number of nitrogens with one attached hydrogen (secondary N) is 2. The summed E-state index contributed by atoms with van der Waals surface area (Å²) >= 11 is 1.10. The molecule has 3 rings (SSSR count). The van der Waals surface area contributed by atoms with Gasteiger partial charge in [0.05, 0.1) is 21.8 Å². The molecule has 0 spiro atoms. The van der Waals surface area contributed by atoms with E-state index in [0.717, 1.165) is 29.5 Å². The average Bonchev–Trinajstić information content (AvgIpc) is 3.12. The summed E-state index contributed by atoms with van der Waals surface area (Å²) in [6.45, 7) is 1.21. The number of thiophene rings is 1. The van der Waals surface area contributed by atoms with E-state index in [1.807, 2.05) is 0 Å². The van der Waals surface area contributed by atoms with Crippen molar-refractivity contribution in [1.29, 1.82) is 0 Å². The van der Waals surface area contributed by atoms with Crippen LogP contribution >= 0.6 is 11.3 Å². The molecule has 2 N–H and O–H groups in total. The Morgan fingerprint density at radius 2 is 1.59 bits per heavy atom. The van der Waals surface area contributed by atoms with Crippen LogP contribution in [-0.4, -0.2) is 11.8 Å². The number of hydrogen-bond donors (Lipinski definition) is 2. The molecule has 0 unspecified atom stereocenters. The first-order valence-electron chi connectivity index (χ1n) is 8.29. The first-order valence-corrected chi connectivity index (χ1v) is 9.11. The summed E-state index contributed by atoms with van der Waals surface area (Å²) in [7, 11) is 0. The van der Waals surface area contributed by atoms with E-state index >= 15 is 0 Å². The fraction of sp³-hybridized carbons (Fsp3) is 0.100. The first kappa shape index (κ1) is 20.5. The van der Waals surface area contributed by atoms with Crippen molar-refractivity contribution >= 4 is 34.5 Å². The highest BCUT2D eigenvalue weighted by Gasteiger charge is 2.31. The molecule has 0 fully saturated rings. The van der Waals surface area contributed by atoms with E-state index in [2.05, 4.69) is 10.6 Å². The molecule has 1 aromatic heterocycles. The van der Waals surface area contributed by atoms with Gasteiger partial charge in [-0.1, -0.05) is 12.1 Å². The van der Waals surface area contributed by atoms with Crippen LogP contribution in [0.4, 0.5) is 28.9 Å². The van der Waals surface area contributed by atoms with E-state index in [0.29, 0.717) is 10.4 Å². The predicted molar refractivity (Wildman–Crippen MR) is 103 cm³/mol. The van der Waals surface area contributed by atoms with Gasteiger partial charge in [0, 0.05) is 11.8 Å². The number of halogens is 4. The molecule has 9 heteroatoms. The highest BCUT2D eigenvalue weighted by Crippen LogP contribution is 2.35. The van der Waals surface area contributed by atoms with E-state index in [9.17, 15) is 27.2 Å². The summed E-state index contributed by atoms with van der Waals surface area (Å²) in [5.74, 6) is -1.51. The molecule has 0 saturated carbocycles. The maximum Gasteiger partial charge on any atom is 0.416 e. The molecule has 2 amide bonds. The van der Waals surface area contributed by atoms with Gasteiger partial charge in [-0.15, -0.1) is 11.3 Å². The van der Waals surface area contributed by atoms with Crippen molar-refractivity contribution in [2.75, 3.05) is 10.6 Å². The molecule has 150 valence electrons. The summed E-state index contributed by atoms with van der Waals surface area (Å²) in [4.78, 5) is 24.8. The van der Waals surface area contributed by atoms with Crippen LogP contribution in [0.2, 0.25) is 0 Å². The van der Waals surface area contributed by atoms with Gasteiger partial charge in [0.15, 0.2) is 0 Å². The van der Waals surface area contributed by atoms with Crippen molar-refractivity contribution in [1.82, 2.24) is 0 Å². The Kier molecular flexibility index (Phi) is 5.69. The third-order valence-corrected chi connectivity index (χ3v) is 5.00. The molecule has 0 atom stereocenters. The number of carbonyl (C=O) groups excluding carboxylic acids is 2. The van der Waals surface area contributed by atoms with Crippen molar-refractivity contribution in [2.24, 2.45) is 0 Å². The first-order chi connectivity index (χ1) is 13.6. The average molecular weight is 422 g/mol. The van der Waals surface area contributed by atoms with Gasteiger partial charge in [-0.2, -0.15) is 13.2 Å². The molecular weight excluding hydrogens is 408 g/mol. The third kappa shape index (κ3) is 5.00. The molecule has 2 aromatic carbocycles. The standard InChI is InChI=1S/C20H14F4N2O2S/c1-11(27)25-15-7-4-13(20(22,23)24)10-16(15)26-19(28)18-9-8-17(29-18)12-2-5-14(21)6-3-12/h2-10H,1H3,(H,25,27)(H,26,28). The van der Waals surface area contributed by atoms with Crippen molar-refractivity contribution < 1.29 is 27.2 Å². The fourth-order valence-corrected chi connectivity index (χ4v) is 3.44. The summed E-state index contributed by atoms with van der Waals surface area (Å²) in [6.07, 6.45) is -4.60. The van der Waals surface area contributed by atoms with E-state index < -0.39 is 29.4 Å². The van der Waals surface area contributed by atoms with Gasteiger partial charge >= 0.3 is 6.18 Å². The number of alkyl halides is 3. The Labute approximate surface area is 167 Å². The number of hydrogen-bond acceptors (Lipinski definition) is 3. The molecule has 1 heterocycles. The molecule has 0 bridgehead atoms. The summed E-state index contributed by atoms with van der Waals surface area (Å²) < 4.78 is 52.1. The van der Waals surface area contributed by atoms with E-state index in [4.69, 9.17) is 0 Å². The number of rotatable bonds is 4. The Balaban J connectivity index is 1.87. The van der Waals surface area contributed by atoms with Crippen LogP contribution in [-0.2, 0) is 11.0 Å². The zero-order valence-electron chi connectivity index (χ0n) is 14.9. The summed E-state index contributed by atoms with van der Waals surface area (Å²) in [5, 5.41) is 4.81. The second kappa shape index (κ2) is 8.04. The van der Waals surface area contributed by atoms with E-state index in [1.54, 1.807) is 18.2 Å². The molecule has 0 saturated heterocycles. The minimum atomic E-state index is -4.60. The lowest BCUT2D eigenvalue weighted by atomic mass is 10.1. The van der Waals surface area contributed by atoms with E-state index in [1.165, 1.54) is 25.1 Å². The number of anilines is 2. The quantitative estimate of drug-likeness (QED) is 0.524. The van der Waals surface area contributed by atoms with Crippen molar-refractivity contribution in [3.8, 4) is 10.4 Å². The van der Waals surface area contributed by atoms with Crippen LogP contribution in [0.15, 0.2) is 54.6 Å². The lowest BCUT2D eigenvalue weighted by Gasteiger charge is -2.14. The van der Waals surface area contributed by atoms with Crippen LogP contribution in [0.1, 0.15) is 22.2 Å². The minimum absolute atomic E-state index is 0.0502. The molecule has 0 aliphatic carbocycles. The van der Waals surface area contributed by atoms with Crippen molar-refractivity contribution in [2.45, 2.75) is 13.1 Å². The molecule has 0 radical (unpaired) electrons. The topological polar surface area (TPSA) is 58.2 Å². The fourth-order valence-electron chi connectivity index (χ4n) is 2.54. The third-order valence-electron chi connectivity index (χ3n) is 3.86. The molecule has 3 aromatic rings. The van der Waals surface area contributed by atoms with Gasteiger partial charge in [-0.3, -0.25) is 9.59 Å². The molecule has 0 aliphatic rings. The lowest BCUT2D eigenvalue weighted by molar-refractivity contribution is -0.137. The number of benzene rings is 2. The normalized spacial score (nSPS) is 11.2. The second-order valence-corrected chi connectivity index (χ2v) is 7.15. The Bertz CT molecular complexity index is 1060. The lowest BCUT2D eigenvalue weighted by Crippen LogP contribution is -2.15. The highest BCUT2D eigenvalue weighted by atomic mass is 32.1. The van der Waals surface area contributed by atoms with Crippen molar-refractivity contribution in [3.63, 3.8) is 0 Å². The SMILES string of the molecule is CC(=O)Nc1ccc(C(F)(F)F)cc1NC(=O)c1ccc(-c2ccc(F)cc2)s1. The van der Waals surface area contributed by atoms with Crippen LogP contribution in [0.5, 0.6) is 0 Å². The maximum atomic E-state index is 13.1. The summed E-state index contributed by atoms with van der Waals surface area (Å²) in [5.41, 5.74) is -0.376. The predicted octanol–water partition coefficient (Wildman–Crippen LogP) is 5.78. The Morgan fingerprint density at radius 1 is 0.897 bits per heavy atom. The Morgan fingerprint density at radius 3 is 2.21 bits per heavy atom. The zero-order chi connectivity index (χ0) is 21.2. The number of amides is 2. The molecule has 0 aliphatic heterocycles. The van der Waals surface area contributed by atoms with Gasteiger partial charge in [0.2, 0.25) is 5.91 Å². The van der Waals surface area contributed by atoms with E-state index in [-0.39, 0.29) is 16.3 Å². The van der Waals surface area contributed by atoms with Crippen LogP contribution < -0.4 is 10.6 Å². The highest BCUT2D eigenvalue weighted by molar-refractivity contribution is 7.17. The largest absolute Gasteiger partial charge is 0.416 e. The molecule has 4 nitrogen and oxygen atoms in total. The van der Waals surface area contributed by atoms with Gasteiger partial charge < -0.3 is 10.6 Å². The van der Waals surface area contributed by atoms with Crippen molar-refractivity contribution in [3.05, 3.63) is 70.9 Å².